The Balaban J connectivity index is 1.87. The number of nitriles is 1. The van der Waals surface area contributed by atoms with E-state index < -0.39 is 0 Å². The van der Waals surface area contributed by atoms with Gasteiger partial charge in [0.15, 0.2) is 0 Å². The van der Waals surface area contributed by atoms with Crippen LogP contribution in [-0.4, -0.2) is 9.61 Å². The monoisotopic (exact) mass is 326 g/mol. The highest BCUT2D eigenvalue weighted by molar-refractivity contribution is 9.10. The topological polar surface area (TPSA) is 53.1 Å². The van der Waals surface area contributed by atoms with Crippen molar-refractivity contribution in [3.05, 3.63) is 64.4 Å². The third-order valence-corrected chi connectivity index (χ3v) is 3.57. The smallest absolute Gasteiger partial charge is 0.101 e. The maximum atomic E-state index is 9.12. The van der Waals surface area contributed by atoms with Crippen LogP contribution in [0, 0.1) is 11.3 Å². The van der Waals surface area contributed by atoms with Gasteiger partial charge in [-0.25, -0.2) is 4.52 Å². The molecule has 1 aromatic carbocycles. The molecule has 5 heteroatoms. The number of rotatable bonds is 3. The Morgan fingerprint density at radius 3 is 3.05 bits per heavy atom. The van der Waals surface area contributed by atoms with Crippen LogP contribution in [0.2, 0.25) is 0 Å². The number of fused-ring (bicyclic) bond motifs is 1. The molecule has 3 rings (SSSR count). The van der Waals surface area contributed by atoms with Crippen molar-refractivity contribution in [1.82, 2.24) is 9.61 Å². The van der Waals surface area contributed by atoms with E-state index in [0.29, 0.717) is 12.1 Å². The van der Waals surface area contributed by atoms with Crippen molar-refractivity contribution < 1.29 is 0 Å². The molecule has 20 heavy (non-hydrogen) atoms. The molecule has 0 bridgehead atoms. The third-order valence-electron chi connectivity index (χ3n) is 3.08. The minimum Gasteiger partial charge on any atom is -0.380 e. The molecular formula is C15H11BrN4. The average molecular weight is 327 g/mol. The SMILES string of the molecule is N#Cc1ccc(Br)cc1NCc1cnn2ccccc12. The van der Waals surface area contributed by atoms with E-state index in [0.717, 1.165) is 21.2 Å². The van der Waals surface area contributed by atoms with E-state index in [1.54, 1.807) is 6.07 Å². The molecule has 98 valence electrons. The summed E-state index contributed by atoms with van der Waals surface area (Å²) in [5, 5.41) is 16.7. The molecule has 0 fully saturated rings. The van der Waals surface area contributed by atoms with Crippen LogP contribution in [0.15, 0.2) is 53.3 Å². The van der Waals surface area contributed by atoms with Gasteiger partial charge >= 0.3 is 0 Å². The molecule has 0 aliphatic carbocycles. The summed E-state index contributed by atoms with van der Waals surface area (Å²) in [6.45, 7) is 0.624. The number of pyridine rings is 1. The molecule has 3 aromatic rings. The number of aromatic nitrogens is 2. The predicted octanol–water partition coefficient (Wildman–Crippen LogP) is 3.58. The molecule has 1 N–H and O–H groups in total. The van der Waals surface area contributed by atoms with Gasteiger partial charge in [0.1, 0.15) is 6.07 Å². The maximum absolute atomic E-state index is 9.12. The zero-order valence-corrected chi connectivity index (χ0v) is 12.1. The van der Waals surface area contributed by atoms with Crippen LogP contribution in [0.1, 0.15) is 11.1 Å². The predicted molar refractivity (Wildman–Crippen MR) is 81.4 cm³/mol. The molecule has 2 heterocycles. The van der Waals surface area contributed by atoms with Crippen molar-refractivity contribution in [2.75, 3.05) is 5.32 Å². The molecule has 0 radical (unpaired) electrons. The summed E-state index contributed by atoms with van der Waals surface area (Å²) in [7, 11) is 0. The van der Waals surface area contributed by atoms with Gasteiger partial charge in [-0.2, -0.15) is 10.4 Å². The lowest BCUT2D eigenvalue weighted by Crippen LogP contribution is -2.01. The molecule has 0 aliphatic rings. The summed E-state index contributed by atoms with van der Waals surface area (Å²) in [6.07, 6.45) is 3.75. The van der Waals surface area contributed by atoms with Gasteiger partial charge in [0.05, 0.1) is 23.0 Å². The zero-order valence-electron chi connectivity index (χ0n) is 10.5. The van der Waals surface area contributed by atoms with Crippen LogP contribution in [0.4, 0.5) is 5.69 Å². The highest BCUT2D eigenvalue weighted by atomic mass is 79.9. The molecule has 0 unspecified atom stereocenters. The van der Waals surface area contributed by atoms with Gasteiger partial charge in [0.2, 0.25) is 0 Å². The van der Waals surface area contributed by atoms with Crippen LogP contribution in [0.3, 0.4) is 0 Å². The van der Waals surface area contributed by atoms with E-state index in [-0.39, 0.29) is 0 Å². The quantitative estimate of drug-likeness (QED) is 0.800. The Kier molecular flexibility index (Phi) is 3.40. The first-order valence-electron chi connectivity index (χ1n) is 6.13. The Bertz CT molecular complexity index is 801. The molecule has 2 aromatic heterocycles. The third kappa shape index (κ3) is 2.38. The molecule has 0 spiro atoms. The maximum Gasteiger partial charge on any atom is 0.101 e. The Hall–Kier alpha value is -2.32. The fraction of sp³-hybridized carbons (Fsp3) is 0.0667. The number of nitrogens with one attached hydrogen (secondary N) is 1. The molecule has 4 nitrogen and oxygen atoms in total. The fourth-order valence-electron chi connectivity index (χ4n) is 2.07. The number of nitrogens with zero attached hydrogens (tertiary/aromatic N) is 3. The number of anilines is 1. The minimum absolute atomic E-state index is 0.624. The first-order valence-corrected chi connectivity index (χ1v) is 6.92. The number of hydrogen-bond donors (Lipinski definition) is 1. The second-order valence-corrected chi connectivity index (χ2v) is 5.27. The van der Waals surface area contributed by atoms with Crippen LogP contribution in [0.5, 0.6) is 0 Å². The lowest BCUT2D eigenvalue weighted by atomic mass is 10.2. The first kappa shape index (κ1) is 12.7. The first-order chi connectivity index (χ1) is 9.78. The average Bonchev–Trinajstić information content (AvgIpc) is 2.88. The Labute approximate surface area is 124 Å². The van der Waals surface area contributed by atoms with Gasteiger partial charge in [0.25, 0.3) is 0 Å². The van der Waals surface area contributed by atoms with E-state index in [2.05, 4.69) is 32.4 Å². The second kappa shape index (κ2) is 5.35. The van der Waals surface area contributed by atoms with E-state index in [1.807, 2.05) is 47.2 Å². The summed E-state index contributed by atoms with van der Waals surface area (Å²) < 4.78 is 2.78. The lowest BCUT2D eigenvalue weighted by Gasteiger charge is -2.08. The highest BCUT2D eigenvalue weighted by Gasteiger charge is 2.06. The second-order valence-electron chi connectivity index (χ2n) is 4.36. The Morgan fingerprint density at radius 2 is 2.20 bits per heavy atom. The largest absolute Gasteiger partial charge is 0.380 e. The molecule has 0 saturated carbocycles. The van der Waals surface area contributed by atoms with Crippen LogP contribution < -0.4 is 5.32 Å². The summed E-state index contributed by atoms with van der Waals surface area (Å²) in [4.78, 5) is 0. The van der Waals surface area contributed by atoms with Gasteiger partial charge in [-0.15, -0.1) is 0 Å². The molecular weight excluding hydrogens is 316 g/mol. The van der Waals surface area contributed by atoms with E-state index >= 15 is 0 Å². The van der Waals surface area contributed by atoms with Gasteiger partial charge in [-0.05, 0) is 30.3 Å². The standard InChI is InChI=1S/C15H11BrN4/c16-13-5-4-11(8-17)14(7-13)18-9-12-10-19-20-6-2-1-3-15(12)20/h1-7,10,18H,9H2. The molecule has 0 amide bonds. The lowest BCUT2D eigenvalue weighted by molar-refractivity contribution is 0.961. The van der Waals surface area contributed by atoms with Crippen molar-refractivity contribution >= 4 is 27.1 Å². The number of halogens is 1. The van der Waals surface area contributed by atoms with E-state index in [1.165, 1.54) is 0 Å². The summed E-state index contributed by atoms with van der Waals surface area (Å²) in [5.74, 6) is 0. The Morgan fingerprint density at radius 1 is 1.30 bits per heavy atom. The number of hydrogen-bond acceptors (Lipinski definition) is 3. The van der Waals surface area contributed by atoms with Crippen LogP contribution >= 0.6 is 15.9 Å². The molecule has 0 saturated heterocycles. The minimum atomic E-state index is 0.624. The van der Waals surface area contributed by atoms with Gasteiger partial charge in [0, 0.05) is 22.8 Å². The molecule has 0 aliphatic heterocycles. The van der Waals surface area contributed by atoms with Gasteiger partial charge < -0.3 is 5.32 Å². The van der Waals surface area contributed by atoms with Crippen LogP contribution in [0.25, 0.3) is 5.52 Å². The van der Waals surface area contributed by atoms with Crippen molar-refractivity contribution in [1.29, 1.82) is 5.26 Å². The van der Waals surface area contributed by atoms with Gasteiger partial charge in [-0.3, -0.25) is 0 Å². The normalized spacial score (nSPS) is 10.4. The van der Waals surface area contributed by atoms with E-state index in [9.17, 15) is 0 Å². The summed E-state index contributed by atoms with van der Waals surface area (Å²) in [5.41, 5.74) is 3.60. The number of benzene rings is 1. The highest BCUT2D eigenvalue weighted by Crippen LogP contribution is 2.22. The molecule has 0 atom stereocenters. The van der Waals surface area contributed by atoms with Crippen molar-refractivity contribution in [3.63, 3.8) is 0 Å². The summed E-state index contributed by atoms with van der Waals surface area (Å²) in [6, 6.07) is 13.7. The van der Waals surface area contributed by atoms with Crippen molar-refractivity contribution in [3.8, 4) is 6.07 Å². The fourth-order valence-corrected chi connectivity index (χ4v) is 2.44. The van der Waals surface area contributed by atoms with E-state index in [4.69, 9.17) is 5.26 Å². The van der Waals surface area contributed by atoms with Gasteiger partial charge in [-0.1, -0.05) is 22.0 Å². The zero-order chi connectivity index (χ0) is 13.9. The summed E-state index contributed by atoms with van der Waals surface area (Å²) >= 11 is 3.42. The van der Waals surface area contributed by atoms with Crippen molar-refractivity contribution in [2.45, 2.75) is 6.54 Å². The van der Waals surface area contributed by atoms with Crippen molar-refractivity contribution in [2.24, 2.45) is 0 Å². The van der Waals surface area contributed by atoms with Crippen LogP contribution in [-0.2, 0) is 6.54 Å².